The SMILES string of the molecule is CCN(CC1CCCC1)c1ccc(OC)nc1CN(c1ncc(OCCS(C)=O)cn1)C(C)c1cc(C(F)(F)F)cc(C(F)(F)F)c1. The number of alkyl halides is 6. The molecular formula is C32H39F6N5O3S. The molecule has 1 aliphatic rings. The average molecular weight is 688 g/mol. The molecule has 2 unspecified atom stereocenters. The van der Waals surface area contributed by atoms with E-state index in [1.54, 1.807) is 6.07 Å². The van der Waals surface area contributed by atoms with E-state index in [4.69, 9.17) is 9.47 Å². The monoisotopic (exact) mass is 687 g/mol. The van der Waals surface area contributed by atoms with E-state index < -0.39 is 40.3 Å². The van der Waals surface area contributed by atoms with Gasteiger partial charge in [-0.2, -0.15) is 26.3 Å². The highest BCUT2D eigenvalue weighted by molar-refractivity contribution is 7.84. The lowest BCUT2D eigenvalue weighted by Gasteiger charge is -2.33. The summed E-state index contributed by atoms with van der Waals surface area (Å²) in [5.74, 6) is 1.36. The quantitative estimate of drug-likeness (QED) is 0.162. The molecule has 1 aromatic carbocycles. The molecule has 0 radical (unpaired) electrons. The van der Waals surface area contributed by atoms with Crippen LogP contribution in [0.3, 0.4) is 0 Å². The van der Waals surface area contributed by atoms with Crippen LogP contribution in [-0.4, -0.2) is 58.0 Å². The second kappa shape index (κ2) is 15.5. The summed E-state index contributed by atoms with van der Waals surface area (Å²) >= 11 is 0. The maximum Gasteiger partial charge on any atom is 0.416 e. The minimum Gasteiger partial charge on any atom is -0.489 e. The fourth-order valence-corrected chi connectivity index (χ4v) is 5.96. The number of methoxy groups -OCH3 is 1. The minimum absolute atomic E-state index is 0.0318. The van der Waals surface area contributed by atoms with Gasteiger partial charge in [0.2, 0.25) is 11.8 Å². The average Bonchev–Trinajstić information content (AvgIpc) is 3.55. The molecule has 3 aromatic rings. The predicted octanol–water partition coefficient (Wildman–Crippen LogP) is 7.46. The van der Waals surface area contributed by atoms with Crippen molar-refractivity contribution in [3.05, 3.63) is 65.1 Å². The Bertz CT molecular complexity index is 1470. The lowest BCUT2D eigenvalue weighted by Crippen LogP contribution is -2.33. The molecule has 2 aromatic heterocycles. The summed E-state index contributed by atoms with van der Waals surface area (Å²) in [6, 6.07) is 4.05. The first-order chi connectivity index (χ1) is 22.2. The number of pyridine rings is 1. The smallest absolute Gasteiger partial charge is 0.416 e. The van der Waals surface area contributed by atoms with E-state index in [-0.39, 0.29) is 42.2 Å². The summed E-state index contributed by atoms with van der Waals surface area (Å²) in [6.45, 7) is 5.01. The predicted molar refractivity (Wildman–Crippen MR) is 168 cm³/mol. The van der Waals surface area contributed by atoms with Crippen LogP contribution in [0.2, 0.25) is 0 Å². The number of nitrogens with zero attached hydrogens (tertiary/aromatic N) is 5. The number of benzene rings is 1. The number of rotatable bonds is 14. The molecule has 2 atom stereocenters. The molecule has 2 heterocycles. The second-order valence-corrected chi connectivity index (χ2v) is 13.1. The molecule has 8 nitrogen and oxygen atoms in total. The molecule has 0 aliphatic heterocycles. The Morgan fingerprint density at radius 1 is 1.00 bits per heavy atom. The van der Waals surface area contributed by atoms with Crippen LogP contribution in [0.15, 0.2) is 42.7 Å². The first kappa shape index (κ1) is 36.2. The molecule has 1 saturated carbocycles. The topological polar surface area (TPSA) is 80.7 Å². The Kier molecular flexibility index (Phi) is 12.0. The number of hydrogen-bond donors (Lipinski definition) is 0. The van der Waals surface area contributed by atoms with Gasteiger partial charge in [0.25, 0.3) is 0 Å². The number of halogens is 6. The molecule has 15 heteroatoms. The van der Waals surface area contributed by atoms with Crippen LogP contribution in [-0.2, 0) is 29.7 Å². The molecule has 0 spiro atoms. The first-order valence-electron chi connectivity index (χ1n) is 15.3. The third-order valence-electron chi connectivity index (χ3n) is 8.20. The van der Waals surface area contributed by atoms with Crippen molar-refractivity contribution in [2.45, 2.75) is 64.5 Å². The summed E-state index contributed by atoms with van der Waals surface area (Å²) in [6.07, 6.45) is -1.26. The van der Waals surface area contributed by atoms with Crippen molar-refractivity contribution in [3.8, 4) is 11.6 Å². The number of aromatic nitrogens is 3. The lowest BCUT2D eigenvalue weighted by molar-refractivity contribution is -0.143. The summed E-state index contributed by atoms with van der Waals surface area (Å²) in [4.78, 5) is 17.1. The Hall–Kier alpha value is -3.62. The van der Waals surface area contributed by atoms with E-state index in [2.05, 4.69) is 19.9 Å². The Balaban J connectivity index is 1.80. The zero-order valence-corrected chi connectivity index (χ0v) is 27.5. The van der Waals surface area contributed by atoms with Crippen molar-refractivity contribution in [3.63, 3.8) is 0 Å². The summed E-state index contributed by atoms with van der Waals surface area (Å²) in [5, 5.41) is 0. The highest BCUT2D eigenvalue weighted by Gasteiger charge is 2.38. The van der Waals surface area contributed by atoms with Gasteiger partial charge in [-0.3, -0.25) is 4.21 Å². The first-order valence-corrected chi connectivity index (χ1v) is 17.0. The van der Waals surface area contributed by atoms with E-state index in [1.807, 2.05) is 13.0 Å². The van der Waals surface area contributed by atoms with Crippen molar-refractivity contribution in [1.82, 2.24) is 15.0 Å². The van der Waals surface area contributed by atoms with Crippen molar-refractivity contribution in [2.75, 3.05) is 48.6 Å². The molecule has 258 valence electrons. The lowest BCUT2D eigenvalue weighted by atomic mass is 9.99. The van der Waals surface area contributed by atoms with Gasteiger partial charge in [0.1, 0.15) is 0 Å². The van der Waals surface area contributed by atoms with Crippen molar-refractivity contribution in [1.29, 1.82) is 0 Å². The zero-order valence-electron chi connectivity index (χ0n) is 26.7. The van der Waals surface area contributed by atoms with Gasteiger partial charge in [0, 0.05) is 36.2 Å². The Morgan fingerprint density at radius 2 is 1.62 bits per heavy atom. The molecule has 1 aliphatic carbocycles. The van der Waals surface area contributed by atoms with Gasteiger partial charge in [-0.15, -0.1) is 0 Å². The van der Waals surface area contributed by atoms with Crippen LogP contribution in [0.5, 0.6) is 11.6 Å². The molecule has 0 saturated heterocycles. The minimum atomic E-state index is -5.01. The van der Waals surface area contributed by atoms with Gasteiger partial charge in [-0.05, 0) is 62.4 Å². The molecule has 0 N–H and O–H groups in total. The van der Waals surface area contributed by atoms with Crippen LogP contribution in [0.25, 0.3) is 0 Å². The van der Waals surface area contributed by atoms with E-state index in [9.17, 15) is 30.6 Å². The Morgan fingerprint density at radius 3 is 2.15 bits per heavy atom. The standard InChI is InChI=1S/C32H39F6N5O3S/c1-5-42(19-22-8-6-7-9-22)28-10-11-29(45-3)41-27(28)20-43(30-39-17-26(18-40-30)46-12-13-47(4)44)21(2)23-14-24(31(33,34)35)16-25(15-23)32(36,37)38/h10-11,14-18,21-22H,5-9,12-13,19-20H2,1-4H3. The highest BCUT2D eigenvalue weighted by atomic mass is 32.2. The van der Waals surface area contributed by atoms with Gasteiger partial charge in [-0.1, -0.05) is 12.8 Å². The van der Waals surface area contributed by atoms with Crippen molar-refractivity contribution < 1.29 is 40.0 Å². The third kappa shape index (κ3) is 9.71. The molecular weight excluding hydrogens is 648 g/mol. The number of anilines is 2. The molecule has 4 rings (SSSR count). The fourth-order valence-electron chi connectivity index (χ4n) is 5.65. The summed E-state index contributed by atoms with van der Waals surface area (Å²) < 4.78 is 105. The van der Waals surface area contributed by atoms with E-state index in [1.165, 1.54) is 37.6 Å². The van der Waals surface area contributed by atoms with Crippen LogP contribution < -0.4 is 19.3 Å². The second-order valence-electron chi connectivity index (χ2n) is 11.5. The van der Waals surface area contributed by atoms with Crippen LogP contribution in [0.1, 0.15) is 68.0 Å². The normalized spacial score (nSPS) is 15.4. The van der Waals surface area contributed by atoms with Gasteiger partial charge >= 0.3 is 12.4 Å². The van der Waals surface area contributed by atoms with E-state index in [0.29, 0.717) is 36.2 Å². The van der Waals surface area contributed by atoms with Crippen LogP contribution in [0.4, 0.5) is 38.0 Å². The fraction of sp³-hybridized carbons (Fsp3) is 0.531. The van der Waals surface area contributed by atoms with Crippen molar-refractivity contribution >= 4 is 22.4 Å². The largest absolute Gasteiger partial charge is 0.489 e. The van der Waals surface area contributed by atoms with Gasteiger partial charge in [0.05, 0.1) is 67.0 Å². The highest BCUT2D eigenvalue weighted by Crippen LogP contribution is 2.39. The number of ether oxygens (including phenoxy) is 2. The maximum absolute atomic E-state index is 13.8. The third-order valence-corrected chi connectivity index (χ3v) is 8.94. The number of hydrogen-bond acceptors (Lipinski definition) is 8. The summed E-state index contributed by atoms with van der Waals surface area (Å²) in [7, 11) is 0.373. The molecule has 0 amide bonds. The summed E-state index contributed by atoms with van der Waals surface area (Å²) in [5.41, 5.74) is -1.80. The van der Waals surface area contributed by atoms with E-state index in [0.717, 1.165) is 37.9 Å². The van der Waals surface area contributed by atoms with Crippen molar-refractivity contribution in [2.24, 2.45) is 5.92 Å². The van der Waals surface area contributed by atoms with E-state index >= 15 is 0 Å². The van der Waals surface area contributed by atoms with Gasteiger partial charge < -0.3 is 19.3 Å². The van der Waals surface area contributed by atoms with Crippen LogP contribution in [0, 0.1) is 5.92 Å². The molecule has 1 fully saturated rings. The molecule has 0 bridgehead atoms. The van der Waals surface area contributed by atoms with Crippen LogP contribution >= 0.6 is 0 Å². The van der Waals surface area contributed by atoms with Gasteiger partial charge in [-0.25, -0.2) is 15.0 Å². The Labute approximate surface area is 273 Å². The maximum atomic E-state index is 13.8. The molecule has 47 heavy (non-hydrogen) atoms. The zero-order chi connectivity index (χ0) is 34.4. The van der Waals surface area contributed by atoms with Gasteiger partial charge in [0.15, 0.2) is 5.75 Å².